The second-order valence-corrected chi connectivity index (χ2v) is 7.54. The van der Waals surface area contributed by atoms with Crippen molar-refractivity contribution in [1.29, 1.82) is 0 Å². The van der Waals surface area contributed by atoms with Gasteiger partial charge in [0.15, 0.2) is 0 Å². The predicted octanol–water partition coefficient (Wildman–Crippen LogP) is 3.71. The number of fused-ring (bicyclic) bond motifs is 1. The van der Waals surface area contributed by atoms with Crippen molar-refractivity contribution in [2.45, 2.75) is 32.7 Å². The third-order valence-corrected chi connectivity index (χ3v) is 5.50. The van der Waals surface area contributed by atoms with Crippen LogP contribution in [0.1, 0.15) is 35.8 Å². The Kier molecular flexibility index (Phi) is 3.89. The molecule has 142 valence electrons. The molecule has 1 unspecified atom stereocenters. The van der Waals surface area contributed by atoms with Gasteiger partial charge >= 0.3 is 0 Å². The van der Waals surface area contributed by atoms with Gasteiger partial charge in [-0.1, -0.05) is 6.07 Å². The molecule has 1 aromatic carbocycles. The van der Waals surface area contributed by atoms with Gasteiger partial charge in [0.05, 0.1) is 28.5 Å². The molecule has 0 amide bonds. The highest BCUT2D eigenvalue weighted by atomic mass is 15.3. The van der Waals surface area contributed by atoms with Crippen LogP contribution in [0.2, 0.25) is 0 Å². The topological polar surface area (TPSA) is 75.5 Å². The van der Waals surface area contributed by atoms with Gasteiger partial charge in [0.1, 0.15) is 5.82 Å². The van der Waals surface area contributed by atoms with Crippen LogP contribution in [0.3, 0.4) is 0 Å². The van der Waals surface area contributed by atoms with Crippen molar-refractivity contribution in [2.24, 2.45) is 7.05 Å². The number of rotatable bonds is 3. The number of aromatic nitrogens is 6. The van der Waals surface area contributed by atoms with Gasteiger partial charge in [-0.2, -0.15) is 5.10 Å². The lowest BCUT2D eigenvalue weighted by Crippen LogP contribution is -2.25. The summed E-state index contributed by atoms with van der Waals surface area (Å²) in [4.78, 5) is 20.2. The maximum Gasteiger partial charge on any atom is 0.226 e. The summed E-state index contributed by atoms with van der Waals surface area (Å²) in [6.07, 6.45) is 5.84. The highest BCUT2D eigenvalue weighted by Gasteiger charge is 2.31. The minimum atomic E-state index is 0.162. The Balaban J connectivity index is 1.54. The fraction of sp³-hybridized carbons (Fsp3) is 0.333. The smallest absolute Gasteiger partial charge is 0.226 e. The van der Waals surface area contributed by atoms with Crippen LogP contribution in [-0.4, -0.2) is 36.3 Å². The van der Waals surface area contributed by atoms with Gasteiger partial charge in [0.2, 0.25) is 5.95 Å². The fourth-order valence-corrected chi connectivity index (χ4v) is 4.03. The maximum atomic E-state index is 4.91. The van der Waals surface area contributed by atoms with Crippen molar-refractivity contribution in [1.82, 2.24) is 29.7 Å². The van der Waals surface area contributed by atoms with Gasteiger partial charge in [-0.3, -0.25) is 4.68 Å². The van der Waals surface area contributed by atoms with Gasteiger partial charge in [-0.15, -0.1) is 0 Å². The van der Waals surface area contributed by atoms with E-state index in [1.165, 1.54) is 5.56 Å². The number of benzene rings is 1. The van der Waals surface area contributed by atoms with Crippen molar-refractivity contribution in [2.75, 3.05) is 11.4 Å². The molecule has 1 fully saturated rings. The van der Waals surface area contributed by atoms with Crippen LogP contribution in [0, 0.1) is 13.8 Å². The first-order valence-electron chi connectivity index (χ1n) is 9.65. The second kappa shape index (κ2) is 6.44. The van der Waals surface area contributed by atoms with E-state index in [9.17, 15) is 0 Å². The summed E-state index contributed by atoms with van der Waals surface area (Å²) in [6.45, 7) is 5.06. The quantitative estimate of drug-likeness (QED) is 0.592. The molecule has 0 spiro atoms. The SMILES string of the molecule is Cc1ccc2nc(C3CCCN3c3ncc(C)c(-c4ccnn4C)n3)[nH]c2c1. The molecule has 7 nitrogen and oxygen atoms in total. The highest BCUT2D eigenvalue weighted by molar-refractivity contribution is 5.76. The van der Waals surface area contributed by atoms with Gasteiger partial charge in [0, 0.05) is 26.0 Å². The summed E-state index contributed by atoms with van der Waals surface area (Å²) in [5.41, 5.74) is 6.29. The minimum absolute atomic E-state index is 0.162. The van der Waals surface area contributed by atoms with Gasteiger partial charge < -0.3 is 9.88 Å². The summed E-state index contributed by atoms with van der Waals surface area (Å²) in [5, 5.41) is 4.28. The van der Waals surface area contributed by atoms with Gasteiger partial charge in [-0.25, -0.2) is 15.0 Å². The Morgan fingerprint density at radius 3 is 2.86 bits per heavy atom. The van der Waals surface area contributed by atoms with Crippen molar-refractivity contribution < 1.29 is 0 Å². The molecule has 5 rings (SSSR count). The Hall–Kier alpha value is -3.22. The minimum Gasteiger partial charge on any atom is -0.340 e. The van der Waals surface area contributed by atoms with Gasteiger partial charge in [-0.05, 0) is 56.0 Å². The fourth-order valence-electron chi connectivity index (χ4n) is 4.03. The summed E-state index contributed by atoms with van der Waals surface area (Å²) in [6, 6.07) is 8.47. The largest absolute Gasteiger partial charge is 0.340 e. The molecule has 1 N–H and O–H groups in total. The molecule has 1 saturated heterocycles. The first kappa shape index (κ1) is 16.9. The van der Waals surface area contributed by atoms with Crippen molar-refractivity contribution >= 4 is 17.0 Å². The number of hydrogen-bond donors (Lipinski definition) is 1. The number of H-pyrrole nitrogens is 1. The van der Waals surface area contributed by atoms with Crippen LogP contribution >= 0.6 is 0 Å². The normalized spacial score (nSPS) is 17.0. The predicted molar refractivity (Wildman–Crippen MR) is 109 cm³/mol. The van der Waals surface area contributed by atoms with Crippen molar-refractivity contribution in [3.05, 3.63) is 53.6 Å². The van der Waals surface area contributed by atoms with E-state index in [0.717, 1.165) is 59.1 Å². The molecule has 0 aliphatic carbocycles. The van der Waals surface area contributed by atoms with Crippen LogP contribution in [0.25, 0.3) is 22.4 Å². The Morgan fingerprint density at radius 1 is 1.14 bits per heavy atom. The Bertz CT molecular complexity index is 1160. The Labute approximate surface area is 163 Å². The number of hydrogen-bond acceptors (Lipinski definition) is 5. The Morgan fingerprint density at radius 2 is 2.04 bits per heavy atom. The number of nitrogens with one attached hydrogen (secondary N) is 1. The molecule has 0 bridgehead atoms. The van der Waals surface area contributed by atoms with E-state index in [0.29, 0.717) is 0 Å². The zero-order valence-corrected chi connectivity index (χ0v) is 16.3. The van der Waals surface area contributed by atoms with Crippen LogP contribution in [0.15, 0.2) is 36.7 Å². The molecule has 1 aliphatic rings. The first-order valence-corrected chi connectivity index (χ1v) is 9.65. The molecule has 1 aliphatic heterocycles. The monoisotopic (exact) mass is 373 g/mol. The molecule has 4 heterocycles. The lowest BCUT2D eigenvalue weighted by Gasteiger charge is -2.23. The first-order chi connectivity index (χ1) is 13.6. The van der Waals surface area contributed by atoms with Gasteiger partial charge in [0.25, 0.3) is 0 Å². The lowest BCUT2D eigenvalue weighted by molar-refractivity contribution is 0.664. The lowest BCUT2D eigenvalue weighted by atomic mass is 10.2. The second-order valence-electron chi connectivity index (χ2n) is 7.54. The third-order valence-electron chi connectivity index (χ3n) is 5.50. The summed E-state index contributed by atoms with van der Waals surface area (Å²) in [7, 11) is 1.94. The van der Waals surface area contributed by atoms with E-state index in [4.69, 9.17) is 9.97 Å². The standard InChI is InChI=1S/C21H23N7/c1-13-6-7-15-16(11-13)25-20(24-15)18-5-4-10-28(18)21-22-12-14(2)19(26-21)17-8-9-23-27(17)3/h6-9,11-12,18H,4-5,10H2,1-3H3,(H,24,25). The highest BCUT2D eigenvalue weighted by Crippen LogP contribution is 2.35. The molecule has 7 heteroatoms. The maximum absolute atomic E-state index is 4.91. The molecule has 0 radical (unpaired) electrons. The van der Waals surface area contributed by atoms with Crippen LogP contribution in [-0.2, 0) is 7.05 Å². The summed E-state index contributed by atoms with van der Waals surface area (Å²) < 4.78 is 1.85. The van der Waals surface area contributed by atoms with Crippen LogP contribution in [0.4, 0.5) is 5.95 Å². The van der Waals surface area contributed by atoms with E-state index < -0.39 is 0 Å². The molecular weight excluding hydrogens is 350 g/mol. The average molecular weight is 373 g/mol. The summed E-state index contributed by atoms with van der Waals surface area (Å²) in [5.74, 6) is 1.74. The zero-order chi connectivity index (χ0) is 19.3. The van der Waals surface area contributed by atoms with E-state index in [1.54, 1.807) is 6.20 Å². The van der Waals surface area contributed by atoms with E-state index in [2.05, 4.69) is 45.1 Å². The zero-order valence-electron chi connectivity index (χ0n) is 16.3. The average Bonchev–Trinajstić information content (AvgIpc) is 3.40. The van der Waals surface area contributed by atoms with E-state index in [-0.39, 0.29) is 6.04 Å². The molecule has 1 atom stereocenters. The number of imidazole rings is 1. The number of aryl methyl sites for hydroxylation is 3. The van der Waals surface area contributed by atoms with E-state index >= 15 is 0 Å². The number of anilines is 1. The molecule has 28 heavy (non-hydrogen) atoms. The molecule has 4 aromatic rings. The van der Waals surface area contributed by atoms with Crippen molar-refractivity contribution in [3.63, 3.8) is 0 Å². The third kappa shape index (κ3) is 2.74. The molecule has 0 saturated carbocycles. The number of nitrogens with zero attached hydrogens (tertiary/aromatic N) is 6. The number of aromatic amines is 1. The van der Waals surface area contributed by atoms with E-state index in [1.807, 2.05) is 30.9 Å². The molecule has 3 aromatic heterocycles. The summed E-state index contributed by atoms with van der Waals surface area (Å²) >= 11 is 0. The van der Waals surface area contributed by atoms with Crippen LogP contribution < -0.4 is 4.90 Å². The van der Waals surface area contributed by atoms with Crippen LogP contribution in [0.5, 0.6) is 0 Å². The van der Waals surface area contributed by atoms with Crippen molar-refractivity contribution in [3.8, 4) is 11.4 Å². The molecular formula is C21H23N7.